The van der Waals surface area contributed by atoms with E-state index in [1.165, 1.54) is 11.1 Å². The molecule has 0 aliphatic heterocycles. The second kappa shape index (κ2) is 10.2. The summed E-state index contributed by atoms with van der Waals surface area (Å²) in [7, 11) is 0. The molecule has 0 spiro atoms. The van der Waals surface area contributed by atoms with Crippen molar-refractivity contribution in [2.24, 2.45) is 0 Å². The summed E-state index contributed by atoms with van der Waals surface area (Å²) in [5.41, 5.74) is 3.70. The van der Waals surface area contributed by atoms with Gasteiger partial charge in [0.2, 0.25) is 0 Å². The number of ether oxygens (including phenoxy) is 1. The van der Waals surface area contributed by atoms with Crippen LogP contribution in [0.5, 0.6) is 0 Å². The van der Waals surface area contributed by atoms with E-state index in [4.69, 9.17) is 4.74 Å². The van der Waals surface area contributed by atoms with Crippen LogP contribution in [0.1, 0.15) is 30.0 Å². The third kappa shape index (κ3) is 6.83. The van der Waals surface area contributed by atoms with Crippen molar-refractivity contribution in [2.45, 2.75) is 39.5 Å². The molecule has 0 bridgehead atoms. The second-order valence-corrected chi connectivity index (χ2v) is 6.38. The van der Waals surface area contributed by atoms with Gasteiger partial charge in [-0.2, -0.15) is 0 Å². The van der Waals surface area contributed by atoms with Crippen LogP contribution < -0.4 is 0 Å². The third-order valence-electron chi connectivity index (χ3n) is 3.92. The fourth-order valence-electron chi connectivity index (χ4n) is 2.86. The molecular formula is C21H29NO2. The maximum atomic E-state index is 10.3. The highest BCUT2D eigenvalue weighted by Gasteiger charge is 2.12. The van der Waals surface area contributed by atoms with Crippen LogP contribution in [0.3, 0.4) is 0 Å². The molecule has 3 nitrogen and oxygen atoms in total. The lowest BCUT2D eigenvalue weighted by Crippen LogP contribution is -2.35. The third-order valence-corrected chi connectivity index (χ3v) is 3.92. The Morgan fingerprint density at radius 3 is 2.50 bits per heavy atom. The predicted molar refractivity (Wildman–Crippen MR) is 98.9 cm³/mol. The summed E-state index contributed by atoms with van der Waals surface area (Å²) < 4.78 is 5.65. The SMILES string of the molecule is CCCN(Cc1cccc(C)c1)C[C@@H](O)COCc1ccccc1. The van der Waals surface area contributed by atoms with Crippen molar-refractivity contribution in [3.63, 3.8) is 0 Å². The molecule has 0 aliphatic rings. The minimum Gasteiger partial charge on any atom is -0.389 e. The summed E-state index contributed by atoms with van der Waals surface area (Å²) in [5, 5.41) is 10.3. The number of hydrogen-bond acceptors (Lipinski definition) is 3. The van der Waals surface area contributed by atoms with Crippen molar-refractivity contribution >= 4 is 0 Å². The van der Waals surface area contributed by atoms with Gasteiger partial charge in [-0.15, -0.1) is 0 Å². The lowest BCUT2D eigenvalue weighted by Gasteiger charge is -2.25. The zero-order valence-electron chi connectivity index (χ0n) is 14.8. The van der Waals surface area contributed by atoms with Crippen molar-refractivity contribution in [3.8, 4) is 0 Å². The Bertz CT molecular complexity index is 585. The van der Waals surface area contributed by atoms with Crippen molar-refractivity contribution in [1.82, 2.24) is 4.90 Å². The maximum Gasteiger partial charge on any atom is 0.0900 e. The van der Waals surface area contributed by atoms with Gasteiger partial charge in [0, 0.05) is 13.1 Å². The van der Waals surface area contributed by atoms with Crippen molar-refractivity contribution < 1.29 is 9.84 Å². The van der Waals surface area contributed by atoms with E-state index in [1.54, 1.807) is 0 Å². The van der Waals surface area contributed by atoms with E-state index < -0.39 is 6.10 Å². The Morgan fingerprint density at radius 2 is 1.79 bits per heavy atom. The van der Waals surface area contributed by atoms with Gasteiger partial charge in [0.15, 0.2) is 0 Å². The van der Waals surface area contributed by atoms with Crippen LogP contribution in [-0.4, -0.2) is 35.8 Å². The van der Waals surface area contributed by atoms with E-state index >= 15 is 0 Å². The lowest BCUT2D eigenvalue weighted by molar-refractivity contribution is 0.00856. The first-order chi connectivity index (χ1) is 11.7. The zero-order chi connectivity index (χ0) is 17.2. The number of aliphatic hydroxyl groups is 1. The Kier molecular flexibility index (Phi) is 7.96. The van der Waals surface area contributed by atoms with Gasteiger partial charge in [-0.25, -0.2) is 0 Å². The van der Waals surface area contributed by atoms with E-state index in [-0.39, 0.29) is 0 Å². The number of rotatable bonds is 10. The van der Waals surface area contributed by atoms with Crippen LogP contribution >= 0.6 is 0 Å². The number of aryl methyl sites for hydroxylation is 1. The first kappa shape index (κ1) is 18.7. The van der Waals surface area contributed by atoms with Crippen LogP contribution in [0.4, 0.5) is 0 Å². The molecule has 2 aromatic carbocycles. The van der Waals surface area contributed by atoms with Gasteiger partial charge in [-0.3, -0.25) is 4.90 Å². The Balaban J connectivity index is 1.78. The maximum absolute atomic E-state index is 10.3. The molecule has 0 heterocycles. The summed E-state index contributed by atoms with van der Waals surface area (Å²) >= 11 is 0. The topological polar surface area (TPSA) is 32.7 Å². The van der Waals surface area contributed by atoms with E-state index in [1.807, 2.05) is 30.3 Å². The van der Waals surface area contributed by atoms with Crippen LogP contribution in [0.15, 0.2) is 54.6 Å². The van der Waals surface area contributed by atoms with Gasteiger partial charge in [0.05, 0.1) is 19.3 Å². The van der Waals surface area contributed by atoms with Crippen molar-refractivity contribution in [2.75, 3.05) is 19.7 Å². The molecule has 0 fully saturated rings. The fraction of sp³-hybridized carbons (Fsp3) is 0.429. The van der Waals surface area contributed by atoms with Crippen LogP contribution in [0, 0.1) is 6.92 Å². The molecule has 0 aliphatic carbocycles. The van der Waals surface area contributed by atoms with Gasteiger partial charge >= 0.3 is 0 Å². The predicted octanol–water partition coefficient (Wildman–Crippen LogP) is 3.78. The Morgan fingerprint density at radius 1 is 1.04 bits per heavy atom. The fourth-order valence-corrected chi connectivity index (χ4v) is 2.86. The number of aliphatic hydroxyl groups excluding tert-OH is 1. The minimum atomic E-state index is -0.468. The summed E-state index contributed by atoms with van der Waals surface area (Å²) in [5.74, 6) is 0. The minimum absolute atomic E-state index is 0.364. The molecule has 0 radical (unpaired) electrons. The van der Waals surface area contributed by atoms with Gasteiger partial charge in [-0.05, 0) is 31.0 Å². The summed E-state index contributed by atoms with van der Waals surface area (Å²) in [4.78, 5) is 2.30. The highest BCUT2D eigenvalue weighted by atomic mass is 16.5. The monoisotopic (exact) mass is 327 g/mol. The summed E-state index contributed by atoms with van der Waals surface area (Å²) in [6.45, 7) is 7.67. The average molecular weight is 327 g/mol. The van der Waals surface area contributed by atoms with E-state index in [0.29, 0.717) is 19.8 Å². The smallest absolute Gasteiger partial charge is 0.0900 e. The molecule has 0 amide bonds. The van der Waals surface area contributed by atoms with Gasteiger partial charge in [0.25, 0.3) is 0 Å². The van der Waals surface area contributed by atoms with Gasteiger partial charge < -0.3 is 9.84 Å². The van der Waals surface area contributed by atoms with Crippen LogP contribution in [0.25, 0.3) is 0 Å². The summed E-state index contributed by atoms with van der Waals surface area (Å²) in [6.07, 6.45) is 0.605. The normalized spacial score (nSPS) is 12.5. The van der Waals surface area contributed by atoms with Crippen molar-refractivity contribution in [3.05, 3.63) is 71.3 Å². The lowest BCUT2D eigenvalue weighted by atomic mass is 10.1. The number of benzene rings is 2. The molecule has 1 atom stereocenters. The molecule has 24 heavy (non-hydrogen) atoms. The molecule has 0 saturated carbocycles. The first-order valence-electron chi connectivity index (χ1n) is 8.75. The highest BCUT2D eigenvalue weighted by molar-refractivity contribution is 5.22. The largest absolute Gasteiger partial charge is 0.389 e. The molecule has 130 valence electrons. The Labute approximate surface area is 145 Å². The standard InChI is InChI=1S/C21H29NO2/c1-3-12-22(14-20-11-7-8-18(2)13-20)15-21(23)17-24-16-19-9-5-4-6-10-19/h4-11,13,21,23H,3,12,14-17H2,1-2H3/t21-/m1/s1. The van der Waals surface area contributed by atoms with E-state index in [2.05, 4.69) is 43.0 Å². The van der Waals surface area contributed by atoms with E-state index in [9.17, 15) is 5.11 Å². The molecule has 1 N–H and O–H groups in total. The van der Waals surface area contributed by atoms with Crippen molar-refractivity contribution in [1.29, 1.82) is 0 Å². The van der Waals surface area contributed by atoms with Gasteiger partial charge in [0.1, 0.15) is 0 Å². The quantitative estimate of drug-likeness (QED) is 0.721. The Hall–Kier alpha value is -1.68. The second-order valence-electron chi connectivity index (χ2n) is 6.38. The van der Waals surface area contributed by atoms with Crippen LogP contribution in [-0.2, 0) is 17.9 Å². The van der Waals surface area contributed by atoms with Crippen LogP contribution in [0.2, 0.25) is 0 Å². The molecular weight excluding hydrogens is 298 g/mol. The van der Waals surface area contributed by atoms with E-state index in [0.717, 1.165) is 25.1 Å². The molecule has 0 saturated heterocycles. The highest BCUT2D eigenvalue weighted by Crippen LogP contribution is 2.09. The number of nitrogens with zero attached hydrogens (tertiary/aromatic N) is 1. The van der Waals surface area contributed by atoms with Gasteiger partial charge in [-0.1, -0.05) is 67.1 Å². The number of hydrogen-bond donors (Lipinski definition) is 1. The zero-order valence-corrected chi connectivity index (χ0v) is 14.8. The first-order valence-corrected chi connectivity index (χ1v) is 8.75. The molecule has 2 aromatic rings. The molecule has 3 heteroatoms. The molecule has 0 aromatic heterocycles. The summed E-state index contributed by atoms with van der Waals surface area (Å²) in [6, 6.07) is 18.6. The average Bonchev–Trinajstić information content (AvgIpc) is 2.56. The molecule has 2 rings (SSSR count). The molecule has 0 unspecified atom stereocenters.